The van der Waals surface area contributed by atoms with Crippen molar-refractivity contribution in [3.8, 4) is 40.2 Å². The molecule has 270 valence electrons. The lowest BCUT2D eigenvalue weighted by Crippen LogP contribution is -2.70. The molecular weight excluding hydrogens is 676 g/mol. The number of aliphatic hydroxyl groups is 1. The fourth-order valence-electron chi connectivity index (χ4n) is 9.86. The molecule has 3 aromatic carbocycles. The molecule has 2 saturated heterocycles. The van der Waals surface area contributed by atoms with E-state index in [1.165, 1.54) is 18.9 Å². The minimum atomic E-state index is -1.21. The average molecular weight is 719 g/mol. The lowest BCUT2D eigenvalue weighted by molar-refractivity contribution is -0.173. The van der Waals surface area contributed by atoms with E-state index >= 15 is 0 Å². The molecule has 0 aliphatic carbocycles. The Balaban J connectivity index is 1.29. The number of benzene rings is 3. The molecule has 7 aliphatic heterocycles. The number of rotatable bonds is 2. The van der Waals surface area contributed by atoms with Crippen LogP contribution in [0.5, 0.6) is 40.2 Å². The fourth-order valence-corrected chi connectivity index (χ4v) is 11.6. The van der Waals surface area contributed by atoms with Crippen molar-refractivity contribution < 1.29 is 44.2 Å². The number of hydrogen-bond acceptors (Lipinski definition) is 13. The van der Waals surface area contributed by atoms with Crippen LogP contribution in [0, 0.1) is 13.8 Å². The van der Waals surface area contributed by atoms with Gasteiger partial charge in [0.2, 0.25) is 12.7 Å². The number of fused-ring (bicyclic) bond motifs is 9. The zero-order chi connectivity index (χ0) is 35.7. The third-order valence-electron chi connectivity index (χ3n) is 12.2. The number of thioether (sulfide) groups is 1. The van der Waals surface area contributed by atoms with Gasteiger partial charge in [-0.1, -0.05) is 6.07 Å². The summed E-state index contributed by atoms with van der Waals surface area (Å²) >= 11 is 1.51. The number of phenolic OH excluding ortho intramolecular Hbond substituents is 3. The number of ether oxygens (including phenoxy) is 4. The van der Waals surface area contributed by atoms with E-state index < -0.39 is 35.1 Å². The number of phenols is 3. The highest BCUT2D eigenvalue weighted by Gasteiger charge is 2.61. The summed E-state index contributed by atoms with van der Waals surface area (Å²) in [6.07, 6.45) is 0.131. The first-order valence-electron chi connectivity index (χ1n) is 17.3. The van der Waals surface area contributed by atoms with Crippen molar-refractivity contribution in [3.63, 3.8) is 0 Å². The number of aliphatic hydroxyl groups excluding tert-OH is 1. The molecule has 13 nitrogen and oxygen atoms in total. The summed E-state index contributed by atoms with van der Waals surface area (Å²) in [5, 5.41) is 53.5. The second-order valence-electron chi connectivity index (χ2n) is 14.5. The smallest absolute Gasteiger partial charge is 0.245 e. The highest BCUT2D eigenvalue weighted by atomic mass is 32.2. The normalized spacial score (nSPS) is 30.6. The van der Waals surface area contributed by atoms with E-state index in [-0.39, 0.29) is 54.0 Å². The van der Waals surface area contributed by atoms with Gasteiger partial charge in [-0.3, -0.25) is 19.9 Å². The van der Waals surface area contributed by atoms with Crippen LogP contribution in [0.15, 0.2) is 18.2 Å². The maximum atomic E-state index is 14.7. The Bertz CT molecular complexity index is 2010. The molecule has 10 rings (SSSR count). The zero-order valence-electron chi connectivity index (χ0n) is 29.1. The molecule has 1 spiro atoms. The molecule has 7 heterocycles. The predicted octanol–water partition coefficient (Wildman–Crippen LogP) is 2.77. The largest absolute Gasteiger partial charge is 0.507 e. The van der Waals surface area contributed by atoms with Gasteiger partial charge in [0.15, 0.2) is 34.5 Å². The third kappa shape index (κ3) is 4.28. The first-order chi connectivity index (χ1) is 24.5. The number of amides is 1. The standard InChI is InChI=1S/C37H42N4O9S/c1-15-8-18-9-20-35(45)41-21-12-38-36(46)37(19-11-23(47-4)22(42)10-17(19)6-7-39-37)13-51-34(26-25(21)33-32(49-14-50-33)16(2)29(26)43)28(41)27(40(20)3)24(18)30(44)31(15)48-5/h8,10-11,20-21,27-28,34-35,39,42-45H,6-7,9,12-14H2,1-5H3,(H,38,46)/t20?,21-,27?,28+,34+,35-,37+/m0/s1. The molecule has 3 aromatic rings. The van der Waals surface area contributed by atoms with Crippen LogP contribution in [-0.2, 0) is 23.2 Å². The minimum absolute atomic E-state index is 0.0107. The van der Waals surface area contributed by atoms with E-state index in [0.29, 0.717) is 53.3 Å². The second kappa shape index (κ2) is 11.5. The van der Waals surface area contributed by atoms with Gasteiger partial charge >= 0.3 is 0 Å². The molecule has 14 heteroatoms. The van der Waals surface area contributed by atoms with Crippen LogP contribution in [-0.4, -0.2) is 101 Å². The summed E-state index contributed by atoms with van der Waals surface area (Å²) in [5.41, 5.74) is 4.76. The van der Waals surface area contributed by atoms with E-state index in [4.69, 9.17) is 18.9 Å². The van der Waals surface area contributed by atoms with E-state index in [9.17, 15) is 25.2 Å². The van der Waals surface area contributed by atoms with Crippen molar-refractivity contribution in [1.82, 2.24) is 20.4 Å². The van der Waals surface area contributed by atoms with E-state index in [2.05, 4.69) is 20.4 Å². The van der Waals surface area contributed by atoms with Crippen LogP contribution in [0.4, 0.5) is 0 Å². The summed E-state index contributed by atoms with van der Waals surface area (Å²) in [4.78, 5) is 18.9. The van der Waals surface area contributed by atoms with Crippen molar-refractivity contribution in [2.75, 3.05) is 46.9 Å². The van der Waals surface area contributed by atoms with Crippen LogP contribution in [0.2, 0.25) is 0 Å². The number of hydrogen-bond donors (Lipinski definition) is 6. The Hall–Kier alpha value is -4.08. The predicted molar refractivity (Wildman–Crippen MR) is 187 cm³/mol. The van der Waals surface area contributed by atoms with Gasteiger partial charge in [-0.2, -0.15) is 0 Å². The Morgan fingerprint density at radius 3 is 2.55 bits per heavy atom. The third-order valence-corrected chi connectivity index (χ3v) is 13.6. The summed E-state index contributed by atoms with van der Waals surface area (Å²) < 4.78 is 23.3. The van der Waals surface area contributed by atoms with Crippen molar-refractivity contribution >= 4 is 17.7 Å². The zero-order valence-corrected chi connectivity index (χ0v) is 29.9. The summed E-state index contributed by atoms with van der Waals surface area (Å²) in [6, 6.07) is 3.58. The van der Waals surface area contributed by atoms with Gasteiger partial charge in [0.25, 0.3) is 0 Å². The molecule has 51 heavy (non-hydrogen) atoms. The van der Waals surface area contributed by atoms with Crippen LogP contribution in [0.1, 0.15) is 61.8 Å². The maximum Gasteiger partial charge on any atom is 0.245 e. The number of aromatic hydroxyl groups is 3. The number of aryl methyl sites for hydroxylation is 1. The number of carbonyl (C=O) groups excluding carboxylic acids is 1. The molecule has 7 aliphatic rings. The molecule has 2 unspecified atom stereocenters. The van der Waals surface area contributed by atoms with Gasteiger partial charge < -0.3 is 44.7 Å². The quantitative estimate of drug-likeness (QED) is 0.230. The van der Waals surface area contributed by atoms with Gasteiger partial charge in [0, 0.05) is 47.1 Å². The highest BCUT2D eigenvalue weighted by molar-refractivity contribution is 7.99. The van der Waals surface area contributed by atoms with Crippen LogP contribution in [0.3, 0.4) is 0 Å². The Morgan fingerprint density at radius 2 is 1.78 bits per heavy atom. The molecule has 4 bridgehead atoms. The van der Waals surface area contributed by atoms with Crippen molar-refractivity contribution in [2.45, 2.75) is 67.9 Å². The van der Waals surface area contributed by atoms with Gasteiger partial charge in [0.1, 0.15) is 17.5 Å². The summed E-state index contributed by atoms with van der Waals surface area (Å²) in [6.45, 7) is 4.29. The number of nitrogens with zero attached hydrogens (tertiary/aromatic N) is 2. The number of nitrogens with one attached hydrogen (secondary N) is 2. The highest BCUT2D eigenvalue weighted by Crippen LogP contribution is 2.64. The van der Waals surface area contributed by atoms with E-state index in [1.807, 2.05) is 27.0 Å². The van der Waals surface area contributed by atoms with Gasteiger partial charge in [-0.25, -0.2) is 0 Å². The lowest BCUT2D eigenvalue weighted by atomic mass is 9.73. The van der Waals surface area contributed by atoms with Crippen molar-refractivity contribution in [1.29, 1.82) is 0 Å². The molecule has 0 radical (unpaired) electrons. The minimum Gasteiger partial charge on any atom is -0.507 e. The maximum absolute atomic E-state index is 14.7. The molecule has 7 atom stereocenters. The molecule has 2 fully saturated rings. The SMILES string of the molecule is COc1cc2c(cc1O)CCN[C@]21CS[C@@H]2c3c(O)c(C)c4c(c3[C@H](CNC1=O)N1[C@@H]2C2c3c(cc(C)c(OC)c3O)CC([C@@H]1O)N2C)OCO4. The first kappa shape index (κ1) is 32.8. The lowest BCUT2D eigenvalue weighted by Gasteiger charge is -2.62. The summed E-state index contributed by atoms with van der Waals surface area (Å²) in [5.74, 6) is 1.81. The average Bonchev–Trinajstić information content (AvgIpc) is 3.60. The number of piperazine rings is 1. The molecule has 0 aromatic heterocycles. The van der Waals surface area contributed by atoms with Crippen molar-refractivity contribution in [2.24, 2.45) is 0 Å². The Labute approximate surface area is 299 Å². The van der Waals surface area contributed by atoms with Gasteiger partial charge in [-0.05, 0) is 68.1 Å². The first-order valence-corrected chi connectivity index (χ1v) is 18.3. The number of likely N-dealkylation sites (N-methyl/N-ethyl adjacent to an activating group) is 1. The van der Waals surface area contributed by atoms with E-state index in [0.717, 1.165) is 27.8 Å². The Kier molecular flexibility index (Phi) is 7.37. The Morgan fingerprint density at radius 1 is 1.00 bits per heavy atom. The molecule has 0 saturated carbocycles. The van der Waals surface area contributed by atoms with Crippen LogP contribution >= 0.6 is 11.8 Å². The van der Waals surface area contributed by atoms with E-state index in [1.54, 1.807) is 19.2 Å². The molecular formula is C37H42N4O9S. The number of methoxy groups -OCH3 is 2. The van der Waals surface area contributed by atoms with Gasteiger partial charge in [0.05, 0.1) is 37.6 Å². The summed E-state index contributed by atoms with van der Waals surface area (Å²) in [7, 11) is 5.01. The second-order valence-corrected chi connectivity index (χ2v) is 15.6. The molecule has 1 amide bonds. The van der Waals surface area contributed by atoms with Crippen LogP contribution < -0.4 is 29.6 Å². The van der Waals surface area contributed by atoms with Gasteiger partial charge in [-0.15, -0.1) is 11.8 Å². The topological polar surface area (TPSA) is 165 Å². The van der Waals surface area contributed by atoms with Crippen LogP contribution in [0.25, 0.3) is 0 Å². The van der Waals surface area contributed by atoms with Crippen molar-refractivity contribution in [3.05, 3.63) is 62.7 Å². The monoisotopic (exact) mass is 718 g/mol. The molecule has 6 N–H and O–H groups in total. The fraction of sp³-hybridized carbons (Fsp3) is 0.486. The number of carbonyl (C=O) groups is 1.